The molecule has 0 heterocycles. The van der Waals surface area contributed by atoms with Gasteiger partial charge in [-0.25, -0.2) is 19.2 Å². The molecule has 4 N–H and O–H groups in total. The molecule has 6 rings (SSSR count). The Balaban J connectivity index is 1.52. The highest BCUT2D eigenvalue weighted by Crippen LogP contribution is 2.48. The van der Waals surface area contributed by atoms with Crippen molar-refractivity contribution >= 4 is 23.9 Å². The van der Waals surface area contributed by atoms with Crippen molar-refractivity contribution in [2.75, 3.05) is 52.9 Å². The summed E-state index contributed by atoms with van der Waals surface area (Å²) < 4.78 is 46.1. The van der Waals surface area contributed by atoms with Crippen LogP contribution >= 0.6 is 0 Å². The molecule has 0 radical (unpaired) electrons. The fourth-order valence-electron chi connectivity index (χ4n) is 9.13. The van der Waals surface area contributed by atoms with Crippen LogP contribution in [0.25, 0.3) is 22.3 Å². The third-order valence-corrected chi connectivity index (χ3v) is 13.8. The summed E-state index contributed by atoms with van der Waals surface area (Å²) in [4.78, 5) is 48.8. The number of aliphatic hydroxyl groups is 4. The number of hydrogen-bond acceptors (Lipinski definition) is 16. The van der Waals surface area contributed by atoms with Gasteiger partial charge in [0.05, 0.1) is 0 Å². The van der Waals surface area contributed by atoms with Crippen LogP contribution in [0.15, 0.2) is 158 Å². The predicted molar refractivity (Wildman–Crippen MR) is 311 cm³/mol. The molecule has 1 fully saturated rings. The van der Waals surface area contributed by atoms with E-state index in [1.54, 1.807) is 36.4 Å². The quantitative estimate of drug-likeness (QED) is 0.0145. The molecule has 82 heavy (non-hydrogen) atoms. The van der Waals surface area contributed by atoms with Gasteiger partial charge in [-0.2, -0.15) is 0 Å². The molecule has 0 spiro atoms. The van der Waals surface area contributed by atoms with E-state index in [1.165, 1.54) is 39.7 Å². The Bertz CT molecular complexity index is 2890. The van der Waals surface area contributed by atoms with E-state index in [-0.39, 0.29) is 75.1 Å². The van der Waals surface area contributed by atoms with E-state index in [1.807, 2.05) is 48.5 Å². The maximum absolute atomic E-state index is 12.2. The van der Waals surface area contributed by atoms with Crippen LogP contribution in [-0.4, -0.2) is 122 Å². The second-order valence-electron chi connectivity index (χ2n) is 20.9. The maximum Gasteiger partial charge on any atom is 0.333 e. The van der Waals surface area contributed by atoms with Gasteiger partial charge in [0, 0.05) is 50.0 Å². The van der Waals surface area contributed by atoms with Gasteiger partial charge in [0.25, 0.3) is 0 Å². The Morgan fingerprint density at radius 2 is 0.732 bits per heavy atom. The third-order valence-electron chi connectivity index (χ3n) is 13.8. The molecule has 4 atom stereocenters. The van der Waals surface area contributed by atoms with Crippen LogP contribution in [0.2, 0.25) is 0 Å². The number of carbonyl (C=O) groups is 4. The van der Waals surface area contributed by atoms with Gasteiger partial charge in [0.1, 0.15) is 100 Å². The lowest BCUT2D eigenvalue weighted by Crippen LogP contribution is -2.27. The van der Waals surface area contributed by atoms with E-state index in [4.69, 9.17) is 37.9 Å². The molecule has 1 aliphatic carbocycles. The lowest BCUT2D eigenvalue weighted by Gasteiger charge is -2.34. The highest BCUT2D eigenvalue weighted by molar-refractivity contribution is 5.88. The van der Waals surface area contributed by atoms with Gasteiger partial charge in [-0.15, -0.1) is 0 Å². The molecule has 1 aliphatic rings. The molecule has 436 valence electrons. The Labute approximate surface area is 480 Å². The number of hydrogen-bond donors (Lipinski definition) is 4. The maximum atomic E-state index is 12.2. The predicted octanol–water partition coefficient (Wildman–Crippen LogP) is 9.86. The molecule has 0 bridgehead atoms. The average Bonchev–Trinajstić information content (AvgIpc) is 3.68. The first-order chi connectivity index (χ1) is 39.2. The summed E-state index contributed by atoms with van der Waals surface area (Å²) in [6.45, 7) is 20.1. The van der Waals surface area contributed by atoms with Crippen LogP contribution in [0.4, 0.5) is 0 Å². The zero-order chi connectivity index (χ0) is 59.5. The van der Waals surface area contributed by atoms with E-state index >= 15 is 0 Å². The monoisotopic (exact) mass is 1120 g/mol. The van der Waals surface area contributed by atoms with Crippen LogP contribution in [0.1, 0.15) is 94.9 Å². The summed E-state index contributed by atoms with van der Waals surface area (Å²) in [5.74, 6) is -0.850. The second-order valence-corrected chi connectivity index (χ2v) is 20.9. The van der Waals surface area contributed by atoms with Crippen LogP contribution in [0.5, 0.6) is 23.0 Å². The van der Waals surface area contributed by atoms with Gasteiger partial charge in [-0.1, -0.05) is 118 Å². The number of aliphatic hydroxyl groups excluding tert-OH is 4. The molecule has 16 nitrogen and oxygen atoms in total. The first-order valence-electron chi connectivity index (χ1n) is 27.3. The van der Waals surface area contributed by atoms with Gasteiger partial charge in [0.15, 0.2) is 0 Å². The van der Waals surface area contributed by atoms with E-state index in [9.17, 15) is 39.6 Å². The first kappa shape index (κ1) is 63.2. The second kappa shape index (κ2) is 30.2. The summed E-state index contributed by atoms with van der Waals surface area (Å²) in [5.41, 5.74) is 5.52. The number of ether oxygens (including phenoxy) is 8. The van der Waals surface area contributed by atoms with Crippen molar-refractivity contribution in [3.05, 3.63) is 180 Å². The lowest BCUT2D eigenvalue weighted by molar-refractivity contribution is -0.143. The molecule has 5 aromatic carbocycles. The van der Waals surface area contributed by atoms with Crippen LogP contribution in [0.3, 0.4) is 0 Å². The molecule has 0 aliphatic heterocycles. The number of rotatable bonds is 30. The molecule has 1 saturated carbocycles. The van der Waals surface area contributed by atoms with Crippen molar-refractivity contribution in [2.45, 2.75) is 102 Å². The van der Waals surface area contributed by atoms with Crippen LogP contribution in [-0.2, 0) is 43.5 Å². The van der Waals surface area contributed by atoms with Crippen LogP contribution in [0, 0.1) is 0 Å². The SMILES string of the molecule is C=C(C)C(=O)OCC(O)COc1ccccc1-c1cc(C(C)(c2ccc(C3CCCCC3)cc2)c2ccc(OCC(O)COC(=O)C(=C)C)c(-c3ccccc3OCC(O)COC(=O)C(=C)C)c2)ccc1OCC(O)COC(=O)C(=C)C. The third kappa shape index (κ3) is 17.5. The number of benzene rings is 5. The van der Waals surface area contributed by atoms with Gasteiger partial charge in [-0.3, -0.25) is 0 Å². The van der Waals surface area contributed by atoms with E-state index in [0.29, 0.717) is 51.2 Å². The molecular formula is C66H76O16. The van der Waals surface area contributed by atoms with E-state index in [2.05, 4.69) is 57.5 Å². The smallest absolute Gasteiger partial charge is 0.333 e. The number of esters is 4. The van der Waals surface area contributed by atoms with Crippen molar-refractivity contribution in [3.8, 4) is 45.3 Å². The minimum atomic E-state index is -1.23. The normalized spacial score (nSPS) is 14.5. The van der Waals surface area contributed by atoms with Gasteiger partial charge in [-0.05, 0) is 112 Å². The summed E-state index contributed by atoms with van der Waals surface area (Å²) in [7, 11) is 0. The molecule has 4 unspecified atom stereocenters. The minimum Gasteiger partial charge on any atom is -0.490 e. The van der Waals surface area contributed by atoms with Gasteiger partial charge in [0.2, 0.25) is 0 Å². The van der Waals surface area contributed by atoms with Crippen molar-refractivity contribution in [3.63, 3.8) is 0 Å². The number of para-hydroxylation sites is 2. The van der Waals surface area contributed by atoms with E-state index < -0.39 is 53.7 Å². The Kier molecular flexibility index (Phi) is 23.2. The Hall–Kier alpha value is -8.02. The molecule has 0 aromatic heterocycles. The molecule has 16 heteroatoms. The summed E-state index contributed by atoms with van der Waals surface area (Å²) in [5, 5.41) is 43.9. The molecule has 0 amide bonds. The van der Waals surface area contributed by atoms with Crippen molar-refractivity contribution < 1.29 is 77.5 Å². The largest absolute Gasteiger partial charge is 0.490 e. The molecule has 5 aromatic rings. The highest BCUT2D eigenvalue weighted by Gasteiger charge is 2.35. The fraction of sp³-hybridized carbons (Fsp3) is 0.364. The fourth-order valence-corrected chi connectivity index (χ4v) is 9.13. The average molecular weight is 1130 g/mol. The first-order valence-corrected chi connectivity index (χ1v) is 27.3. The molecular weight excluding hydrogens is 1050 g/mol. The molecule has 0 saturated heterocycles. The van der Waals surface area contributed by atoms with Gasteiger partial charge < -0.3 is 58.3 Å². The minimum absolute atomic E-state index is 0.174. The summed E-state index contributed by atoms with van der Waals surface area (Å²) >= 11 is 0. The topological polar surface area (TPSA) is 223 Å². The Morgan fingerprint density at radius 3 is 1.06 bits per heavy atom. The van der Waals surface area contributed by atoms with E-state index in [0.717, 1.165) is 42.4 Å². The zero-order valence-corrected chi connectivity index (χ0v) is 47.5. The van der Waals surface area contributed by atoms with Crippen LogP contribution < -0.4 is 18.9 Å². The Morgan fingerprint density at radius 1 is 0.427 bits per heavy atom. The van der Waals surface area contributed by atoms with Gasteiger partial charge >= 0.3 is 23.9 Å². The summed E-state index contributed by atoms with van der Waals surface area (Å²) in [6, 6.07) is 34.3. The highest BCUT2D eigenvalue weighted by atomic mass is 16.6. The van der Waals surface area contributed by atoms with Crippen molar-refractivity contribution in [1.82, 2.24) is 0 Å². The number of carbonyl (C=O) groups excluding carboxylic acids is 4. The van der Waals surface area contributed by atoms with Crippen molar-refractivity contribution in [1.29, 1.82) is 0 Å². The lowest BCUT2D eigenvalue weighted by atomic mass is 9.69. The zero-order valence-electron chi connectivity index (χ0n) is 47.5. The standard InChI is InChI=1S/C66H76O16/c1-41(2)62(71)79-37-50(67)33-75-58-21-15-13-19-54(58)56-31-48(27-29-60(56)77-35-52(69)39-81-64(73)43(5)6)66(9,47-25-23-46(24-26-47)45-17-11-10-12-18-45)49-28-30-61(78-36-53(70)40-82-65(74)44(7)8)57(32-49)55-20-14-16-22-59(55)76-34-51(68)38-80-63(72)42(3)4/h13-16,19-32,45,50-53,67-70H,1,3,5,7,10-12,17-18,33-40H2,2,4,6,8-9H3. The van der Waals surface area contributed by atoms with Crippen molar-refractivity contribution in [2.24, 2.45) is 0 Å². The summed E-state index contributed by atoms with van der Waals surface area (Å²) in [6.07, 6.45) is 0.851.